The maximum atomic E-state index is 12.4. The molecule has 0 bridgehead atoms. The zero-order valence-corrected chi connectivity index (χ0v) is 11.1. The molecule has 1 saturated heterocycles. The lowest BCUT2D eigenvalue weighted by molar-refractivity contribution is -0.136. The number of nitrogens with zero attached hydrogens (tertiary/aromatic N) is 1. The molecule has 1 aromatic carbocycles. The number of carbonyl (C=O) groups is 4. The summed E-state index contributed by atoms with van der Waals surface area (Å²) in [6.45, 7) is 3.62. The van der Waals surface area contributed by atoms with Crippen molar-refractivity contribution in [3.8, 4) is 0 Å². The summed E-state index contributed by atoms with van der Waals surface area (Å²) in [5, 5.41) is 2.16. The number of nitrogens with one attached hydrogen (secondary N) is 1. The van der Waals surface area contributed by atoms with E-state index in [1.165, 1.54) is 0 Å². The van der Waals surface area contributed by atoms with Gasteiger partial charge in [0.15, 0.2) is 0 Å². The number of rotatable bonds is 2. The molecule has 0 radical (unpaired) electrons. The quantitative estimate of drug-likeness (QED) is 0.811. The van der Waals surface area contributed by atoms with E-state index >= 15 is 0 Å². The van der Waals surface area contributed by atoms with Gasteiger partial charge in [0.05, 0.1) is 11.1 Å². The standard InChI is InChI=1S/C15H12N2O4/c1-2-8-3-4-9-10(7-8)15(21)17(14(9)20)11-5-6-12(18)16-13(11)19/h2-4,7,11H,1,5-6H2,(H,16,18,19)/t11-/m0/s1. The highest BCUT2D eigenvalue weighted by atomic mass is 16.2. The highest BCUT2D eigenvalue weighted by Crippen LogP contribution is 2.28. The zero-order valence-electron chi connectivity index (χ0n) is 11.1. The first-order chi connectivity index (χ1) is 10.0. The van der Waals surface area contributed by atoms with E-state index in [0.29, 0.717) is 0 Å². The van der Waals surface area contributed by atoms with Crippen molar-refractivity contribution in [1.82, 2.24) is 10.2 Å². The lowest BCUT2D eigenvalue weighted by Crippen LogP contribution is -2.54. The van der Waals surface area contributed by atoms with Crippen LogP contribution in [0.3, 0.4) is 0 Å². The molecule has 1 fully saturated rings. The number of piperidine rings is 1. The molecule has 6 nitrogen and oxygen atoms in total. The minimum absolute atomic E-state index is 0.113. The smallest absolute Gasteiger partial charge is 0.262 e. The number of imide groups is 2. The van der Waals surface area contributed by atoms with Crippen molar-refractivity contribution >= 4 is 29.7 Å². The third-order valence-electron chi connectivity index (χ3n) is 3.70. The van der Waals surface area contributed by atoms with E-state index in [1.807, 2.05) is 0 Å². The normalized spacial score (nSPS) is 21.3. The molecule has 2 aliphatic rings. The Morgan fingerprint density at radius 3 is 2.52 bits per heavy atom. The predicted molar refractivity (Wildman–Crippen MR) is 73.2 cm³/mol. The van der Waals surface area contributed by atoms with Gasteiger partial charge in [0.2, 0.25) is 11.8 Å². The summed E-state index contributed by atoms with van der Waals surface area (Å²) < 4.78 is 0. The molecular formula is C15H12N2O4. The van der Waals surface area contributed by atoms with Crippen LogP contribution in [-0.4, -0.2) is 34.6 Å². The van der Waals surface area contributed by atoms with Crippen LogP contribution in [0, 0.1) is 0 Å². The Bertz CT molecular complexity index is 708. The Morgan fingerprint density at radius 1 is 1.14 bits per heavy atom. The van der Waals surface area contributed by atoms with Gasteiger partial charge in [0.25, 0.3) is 11.8 Å². The second-order valence-electron chi connectivity index (χ2n) is 4.96. The molecule has 2 heterocycles. The lowest BCUT2D eigenvalue weighted by Gasteiger charge is -2.27. The van der Waals surface area contributed by atoms with Crippen LogP contribution < -0.4 is 5.32 Å². The fourth-order valence-electron chi connectivity index (χ4n) is 2.62. The van der Waals surface area contributed by atoms with Gasteiger partial charge in [-0.3, -0.25) is 29.4 Å². The van der Waals surface area contributed by atoms with Crippen LogP contribution >= 0.6 is 0 Å². The highest BCUT2D eigenvalue weighted by Gasteiger charge is 2.44. The van der Waals surface area contributed by atoms with E-state index in [2.05, 4.69) is 11.9 Å². The van der Waals surface area contributed by atoms with E-state index in [9.17, 15) is 19.2 Å². The first-order valence-electron chi connectivity index (χ1n) is 6.51. The number of carbonyl (C=O) groups excluding carboxylic acids is 4. The van der Waals surface area contributed by atoms with Crippen molar-refractivity contribution in [3.63, 3.8) is 0 Å². The fourth-order valence-corrected chi connectivity index (χ4v) is 2.62. The average Bonchev–Trinajstić information content (AvgIpc) is 2.71. The predicted octanol–water partition coefficient (Wildman–Crippen LogP) is 0.731. The molecule has 0 spiro atoms. The van der Waals surface area contributed by atoms with E-state index in [1.54, 1.807) is 24.3 Å². The van der Waals surface area contributed by atoms with E-state index in [4.69, 9.17) is 0 Å². The van der Waals surface area contributed by atoms with Gasteiger partial charge in [-0.2, -0.15) is 0 Å². The van der Waals surface area contributed by atoms with Crippen LogP contribution in [0.5, 0.6) is 0 Å². The van der Waals surface area contributed by atoms with Crippen LogP contribution in [0.25, 0.3) is 6.08 Å². The van der Waals surface area contributed by atoms with Gasteiger partial charge in [-0.05, 0) is 24.1 Å². The van der Waals surface area contributed by atoms with Crippen molar-refractivity contribution in [2.75, 3.05) is 0 Å². The summed E-state index contributed by atoms with van der Waals surface area (Å²) >= 11 is 0. The largest absolute Gasteiger partial charge is 0.295 e. The van der Waals surface area contributed by atoms with Gasteiger partial charge in [0.1, 0.15) is 6.04 Å². The number of hydrogen-bond acceptors (Lipinski definition) is 4. The Kier molecular flexibility index (Phi) is 2.94. The van der Waals surface area contributed by atoms with Gasteiger partial charge >= 0.3 is 0 Å². The number of hydrogen-bond donors (Lipinski definition) is 1. The summed E-state index contributed by atoms with van der Waals surface area (Å²) in [6, 6.07) is 3.89. The van der Waals surface area contributed by atoms with Crippen LogP contribution in [0.1, 0.15) is 39.1 Å². The third kappa shape index (κ3) is 1.96. The minimum atomic E-state index is -0.928. The van der Waals surface area contributed by atoms with Crippen LogP contribution in [0.15, 0.2) is 24.8 Å². The Hall–Kier alpha value is -2.76. The van der Waals surface area contributed by atoms with Crippen molar-refractivity contribution in [3.05, 3.63) is 41.5 Å². The Labute approximate surface area is 120 Å². The zero-order chi connectivity index (χ0) is 15.1. The van der Waals surface area contributed by atoms with Gasteiger partial charge in [0, 0.05) is 6.42 Å². The van der Waals surface area contributed by atoms with Gasteiger partial charge in [-0.15, -0.1) is 0 Å². The second kappa shape index (κ2) is 4.66. The topological polar surface area (TPSA) is 83.6 Å². The fraction of sp³-hybridized carbons (Fsp3) is 0.200. The van der Waals surface area contributed by atoms with Crippen molar-refractivity contribution in [2.24, 2.45) is 0 Å². The molecule has 106 valence electrons. The molecule has 0 saturated carbocycles. The molecule has 21 heavy (non-hydrogen) atoms. The molecule has 3 rings (SSSR count). The lowest BCUT2D eigenvalue weighted by atomic mass is 10.0. The number of benzene rings is 1. The molecular weight excluding hydrogens is 272 g/mol. The Balaban J connectivity index is 1.98. The summed E-state index contributed by atoms with van der Waals surface area (Å²) in [5.41, 5.74) is 1.26. The summed E-state index contributed by atoms with van der Waals surface area (Å²) in [5.74, 6) is -2.00. The van der Waals surface area contributed by atoms with Crippen LogP contribution in [0.4, 0.5) is 0 Å². The van der Waals surface area contributed by atoms with Gasteiger partial charge in [-0.25, -0.2) is 0 Å². The van der Waals surface area contributed by atoms with Crippen LogP contribution in [0.2, 0.25) is 0 Å². The molecule has 0 aliphatic carbocycles. The van der Waals surface area contributed by atoms with Crippen molar-refractivity contribution in [1.29, 1.82) is 0 Å². The van der Waals surface area contributed by atoms with Crippen molar-refractivity contribution < 1.29 is 19.2 Å². The number of amides is 4. The first-order valence-corrected chi connectivity index (χ1v) is 6.51. The summed E-state index contributed by atoms with van der Waals surface area (Å²) in [7, 11) is 0. The van der Waals surface area contributed by atoms with E-state index in [-0.39, 0.29) is 29.9 Å². The monoisotopic (exact) mass is 284 g/mol. The maximum Gasteiger partial charge on any atom is 0.262 e. The summed E-state index contributed by atoms with van der Waals surface area (Å²) in [4.78, 5) is 48.7. The van der Waals surface area contributed by atoms with Crippen molar-refractivity contribution in [2.45, 2.75) is 18.9 Å². The van der Waals surface area contributed by atoms with E-state index in [0.717, 1.165) is 10.5 Å². The molecule has 0 unspecified atom stereocenters. The highest BCUT2D eigenvalue weighted by molar-refractivity contribution is 6.23. The molecule has 1 N–H and O–H groups in total. The second-order valence-corrected chi connectivity index (χ2v) is 4.96. The molecule has 1 aromatic rings. The van der Waals surface area contributed by atoms with Gasteiger partial charge in [-0.1, -0.05) is 18.7 Å². The maximum absolute atomic E-state index is 12.4. The molecule has 0 aromatic heterocycles. The molecule has 1 atom stereocenters. The average molecular weight is 284 g/mol. The SMILES string of the molecule is C=Cc1ccc2c(c1)C(=O)N([C@H]1CCC(=O)NC1=O)C2=O. The molecule has 6 heteroatoms. The van der Waals surface area contributed by atoms with Gasteiger partial charge < -0.3 is 0 Å². The minimum Gasteiger partial charge on any atom is -0.295 e. The van der Waals surface area contributed by atoms with Crippen LogP contribution in [-0.2, 0) is 9.59 Å². The first kappa shape index (κ1) is 13.2. The number of fused-ring (bicyclic) bond motifs is 1. The molecule has 2 aliphatic heterocycles. The summed E-state index contributed by atoms with van der Waals surface area (Å²) in [6.07, 6.45) is 1.85. The van der Waals surface area contributed by atoms with E-state index < -0.39 is 23.8 Å². The Morgan fingerprint density at radius 2 is 1.86 bits per heavy atom. The third-order valence-corrected chi connectivity index (χ3v) is 3.70. The molecule has 4 amide bonds.